The lowest BCUT2D eigenvalue weighted by molar-refractivity contribution is -0.129. The highest BCUT2D eigenvalue weighted by molar-refractivity contribution is 5.81. The molecule has 2 aromatic rings. The predicted molar refractivity (Wildman–Crippen MR) is 74.0 cm³/mol. The van der Waals surface area contributed by atoms with Crippen molar-refractivity contribution in [2.24, 2.45) is 0 Å². The maximum Gasteiger partial charge on any atom is 0.249 e. The number of rotatable bonds is 4. The third-order valence-corrected chi connectivity index (χ3v) is 3.55. The van der Waals surface area contributed by atoms with Crippen molar-refractivity contribution in [2.45, 2.75) is 25.4 Å². The molecule has 0 saturated carbocycles. The fourth-order valence-corrected chi connectivity index (χ4v) is 2.49. The number of carbonyl (C=O) groups is 1. The largest absolute Gasteiger partial charge is 0.368 e. The van der Waals surface area contributed by atoms with Crippen LogP contribution in [-0.4, -0.2) is 30.1 Å². The summed E-state index contributed by atoms with van der Waals surface area (Å²) in [6.45, 7) is 1.37. The van der Waals surface area contributed by atoms with Crippen molar-refractivity contribution in [3.8, 4) is 0 Å². The second-order valence-electron chi connectivity index (χ2n) is 4.94. The summed E-state index contributed by atoms with van der Waals surface area (Å²) in [4.78, 5) is 14.9. The first-order valence-electron chi connectivity index (χ1n) is 6.78. The van der Waals surface area contributed by atoms with Crippen LogP contribution in [-0.2, 0) is 16.0 Å². The summed E-state index contributed by atoms with van der Waals surface area (Å²) in [6.07, 6.45) is 4.39. The van der Waals surface area contributed by atoms with Gasteiger partial charge in [0.1, 0.15) is 6.10 Å². The smallest absolute Gasteiger partial charge is 0.249 e. The Morgan fingerprint density at radius 2 is 2.37 bits per heavy atom. The lowest BCUT2D eigenvalue weighted by atomic mass is 10.1. The van der Waals surface area contributed by atoms with Crippen molar-refractivity contribution in [1.29, 1.82) is 0 Å². The number of aromatic amines is 1. The van der Waals surface area contributed by atoms with Gasteiger partial charge in [-0.05, 0) is 48.4 Å². The molecular formula is C15H18N2O2. The number of amides is 1. The van der Waals surface area contributed by atoms with E-state index >= 15 is 0 Å². The zero-order chi connectivity index (χ0) is 13.1. The monoisotopic (exact) mass is 258 g/mol. The molecule has 19 heavy (non-hydrogen) atoms. The number of benzene rings is 1. The van der Waals surface area contributed by atoms with Crippen LogP contribution in [0, 0.1) is 0 Å². The molecule has 1 amide bonds. The molecule has 0 aliphatic carbocycles. The highest BCUT2D eigenvalue weighted by atomic mass is 16.5. The van der Waals surface area contributed by atoms with E-state index in [1.54, 1.807) is 0 Å². The highest BCUT2D eigenvalue weighted by Gasteiger charge is 2.22. The van der Waals surface area contributed by atoms with E-state index in [-0.39, 0.29) is 12.0 Å². The van der Waals surface area contributed by atoms with Crippen LogP contribution in [0.5, 0.6) is 0 Å². The zero-order valence-corrected chi connectivity index (χ0v) is 10.8. The van der Waals surface area contributed by atoms with Crippen molar-refractivity contribution in [3.63, 3.8) is 0 Å². The second-order valence-corrected chi connectivity index (χ2v) is 4.94. The Morgan fingerprint density at radius 3 is 3.21 bits per heavy atom. The van der Waals surface area contributed by atoms with Gasteiger partial charge in [0.25, 0.3) is 0 Å². The van der Waals surface area contributed by atoms with E-state index in [0.29, 0.717) is 13.2 Å². The Hall–Kier alpha value is -1.81. The van der Waals surface area contributed by atoms with E-state index in [4.69, 9.17) is 4.74 Å². The Balaban J connectivity index is 1.52. The first-order chi connectivity index (χ1) is 9.33. The molecule has 1 unspecified atom stereocenters. The van der Waals surface area contributed by atoms with E-state index in [9.17, 15) is 4.79 Å². The number of hydrogen-bond donors (Lipinski definition) is 2. The second kappa shape index (κ2) is 5.45. The van der Waals surface area contributed by atoms with Gasteiger partial charge in [0.05, 0.1) is 0 Å². The van der Waals surface area contributed by atoms with Crippen LogP contribution in [0.1, 0.15) is 18.4 Å². The van der Waals surface area contributed by atoms with E-state index < -0.39 is 0 Å². The first kappa shape index (κ1) is 12.2. The van der Waals surface area contributed by atoms with E-state index in [1.165, 1.54) is 10.9 Å². The van der Waals surface area contributed by atoms with Gasteiger partial charge in [0.2, 0.25) is 5.91 Å². The highest BCUT2D eigenvalue weighted by Crippen LogP contribution is 2.15. The third-order valence-electron chi connectivity index (χ3n) is 3.55. The lowest BCUT2D eigenvalue weighted by Gasteiger charge is -2.10. The molecule has 0 spiro atoms. The van der Waals surface area contributed by atoms with Crippen molar-refractivity contribution in [2.75, 3.05) is 13.2 Å². The topological polar surface area (TPSA) is 54.1 Å². The van der Waals surface area contributed by atoms with Crippen LogP contribution in [0.15, 0.2) is 30.5 Å². The molecule has 2 N–H and O–H groups in total. The van der Waals surface area contributed by atoms with E-state index in [2.05, 4.69) is 34.6 Å². The van der Waals surface area contributed by atoms with Gasteiger partial charge in [0, 0.05) is 24.9 Å². The first-order valence-corrected chi connectivity index (χ1v) is 6.78. The minimum atomic E-state index is -0.229. The molecule has 100 valence electrons. The SMILES string of the molecule is O=C(NCCc1ccc2[nH]ccc2c1)C1CCCO1. The van der Waals surface area contributed by atoms with Gasteiger partial charge in [0.15, 0.2) is 0 Å². The molecule has 4 heteroatoms. The Kier molecular flexibility index (Phi) is 3.51. The minimum Gasteiger partial charge on any atom is -0.368 e. The van der Waals surface area contributed by atoms with Crippen LogP contribution in [0.25, 0.3) is 10.9 Å². The molecule has 1 aliphatic rings. The molecule has 0 radical (unpaired) electrons. The molecule has 1 saturated heterocycles. The van der Waals surface area contributed by atoms with Crippen LogP contribution in [0.4, 0.5) is 0 Å². The quantitative estimate of drug-likeness (QED) is 0.881. The number of carbonyl (C=O) groups excluding carboxylic acids is 1. The Bertz CT molecular complexity index is 570. The molecule has 1 aromatic heterocycles. The molecule has 2 heterocycles. The molecule has 3 rings (SSSR count). The standard InChI is InChI=1S/C15H18N2O2/c18-15(14-2-1-9-19-14)17-7-5-11-3-4-13-12(10-11)6-8-16-13/h3-4,6,8,10,14,16H,1-2,5,7,9H2,(H,17,18). The molecule has 1 atom stereocenters. The maximum absolute atomic E-state index is 11.8. The lowest BCUT2D eigenvalue weighted by Crippen LogP contribution is -2.35. The zero-order valence-electron chi connectivity index (χ0n) is 10.8. The van der Waals surface area contributed by atoms with Crippen molar-refractivity contribution in [1.82, 2.24) is 10.3 Å². The fourth-order valence-electron chi connectivity index (χ4n) is 2.49. The number of fused-ring (bicyclic) bond motifs is 1. The van der Waals surface area contributed by atoms with Gasteiger partial charge in [-0.15, -0.1) is 0 Å². The summed E-state index contributed by atoms with van der Waals surface area (Å²) in [5, 5.41) is 4.15. The van der Waals surface area contributed by atoms with Gasteiger partial charge in [-0.25, -0.2) is 0 Å². The molecule has 0 bridgehead atoms. The molecule has 1 aromatic carbocycles. The predicted octanol–water partition coefficient (Wildman–Crippen LogP) is 2.01. The summed E-state index contributed by atoms with van der Waals surface area (Å²) >= 11 is 0. The van der Waals surface area contributed by atoms with Crippen LogP contribution >= 0.6 is 0 Å². The summed E-state index contributed by atoms with van der Waals surface area (Å²) in [7, 11) is 0. The molecule has 1 fully saturated rings. The van der Waals surface area contributed by atoms with Gasteiger partial charge in [-0.1, -0.05) is 6.07 Å². The molecular weight excluding hydrogens is 240 g/mol. The maximum atomic E-state index is 11.8. The van der Waals surface area contributed by atoms with Gasteiger partial charge in [-0.3, -0.25) is 4.79 Å². The van der Waals surface area contributed by atoms with Crippen molar-refractivity contribution in [3.05, 3.63) is 36.0 Å². The normalized spacial score (nSPS) is 18.8. The number of ether oxygens (including phenoxy) is 1. The number of hydrogen-bond acceptors (Lipinski definition) is 2. The molecule has 4 nitrogen and oxygen atoms in total. The Morgan fingerprint density at radius 1 is 1.42 bits per heavy atom. The number of H-pyrrole nitrogens is 1. The summed E-state index contributed by atoms with van der Waals surface area (Å²) in [5.74, 6) is 0.0280. The van der Waals surface area contributed by atoms with Gasteiger partial charge >= 0.3 is 0 Å². The van der Waals surface area contributed by atoms with Crippen LogP contribution in [0.3, 0.4) is 0 Å². The average Bonchev–Trinajstić information content (AvgIpc) is 3.09. The summed E-state index contributed by atoms with van der Waals surface area (Å²) < 4.78 is 5.35. The fraction of sp³-hybridized carbons (Fsp3) is 0.400. The van der Waals surface area contributed by atoms with Crippen molar-refractivity contribution >= 4 is 16.8 Å². The minimum absolute atomic E-state index is 0.0280. The van der Waals surface area contributed by atoms with E-state index in [1.807, 2.05) is 6.20 Å². The van der Waals surface area contributed by atoms with E-state index in [0.717, 1.165) is 24.8 Å². The van der Waals surface area contributed by atoms with Crippen molar-refractivity contribution < 1.29 is 9.53 Å². The summed E-state index contributed by atoms with van der Waals surface area (Å²) in [6, 6.07) is 8.39. The molecule has 1 aliphatic heterocycles. The summed E-state index contributed by atoms with van der Waals surface area (Å²) in [5.41, 5.74) is 2.38. The number of aromatic nitrogens is 1. The van der Waals surface area contributed by atoms with Gasteiger partial charge < -0.3 is 15.0 Å². The third kappa shape index (κ3) is 2.79. The number of nitrogens with one attached hydrogen (secondary N) is 2. The Labute approximate surface area is 112 Å². The van der Waals surface area contributed by atoms with Crippen LogP contribution < -0.4 is 5.32 Å². The average molecular weight is 258 g/mol. The van der Waals surface area contributed by atoms with Gasteiger partial charge in [-0.2, -0.15) is 0 Å². The van der Waals surface area contributed by atoms with Crippen LogP contribution in [0.2, 0.25) is 0 Å².